The monoisotopic (exact) mass is 300 g/mol. The number of hydrogen-bond acceptors (Lipinski definition) is 3. The van der Waals surface area contributed by atoms with E-state index >= 15 is 0 Å². The maximum atomic E-state index is 11.8. The normalized spacial score (nSPS) is 13.2. The van der Waals surface area contributed by atoms with Gasteiger partial charge in [0.05, 0.1) is 6.04 Å². The minimum absolute atomic E-state index is 0. The lowest BCUT2D eigenvalue weighted by atomic mass is 10.0. The average molecular weight is 301 g/mol. The molecule has 0 saturated carbocycles. The molecule has 0 aliphatic rings. The van der Waals surface area contributed by atoms with E-state index in [1.165, 1.54) is 0 Å². The third kappa shape index (κ3) is 5.59. The third-order valence-corrected chi connectivity index (χ3v) is 2.92. The predicted octanol–water partition coefficient (Wildman–Crippen LogP) is 1.20. The Morgan fingerprint density at radius 1 is 1.25 bits per heavy atom. The lowest BCUT2D eigenvalue weighted by Gasteiger charge is -2.19. The molecule has 4 N–H and O–H groups in total. The molecule has 0 aromatic heterocycles. The van der Waals surface area contributed by atoms with Crippen LogP contribution in [0.4, 0.5) is 0 Å². The summed E-state index contributed by atoms with van der Waals surface area (Å²) >= 11 is 0. The van der Waals surface area contributed by atoms with Crippen molar-refractivity contribution in [3.8, 4) is 0 Å². The van der Waals surface area contributed by atoms with Crippen molar-refractivity contribution in [2.24, 2.45) is 11.7 Å². The zero-order valence-corrected chi connectivity index (χ0v) is 12.4. The number of benzene rings is 1. The summed E-state index contributed by atoms with van der Waals surface area (Å²) < 4.78 is 0. The number of halogens is 1. The maximum Gasteiger partial charge on any atom is 0.326 e. The first kappa shape index (κ1) is 18.4. The van der Waals surface area contributed by atoms with Gasteiger partial charge in [0.2, 0.25) is 5.91 Å². The summed E-state index contributed by atoms with van der Waals surface area (Å²) in [5.74, 6) is -1.53. The van der Waals surface area contributed by atoms with E-state index in [2.05, 4.69) is 5.32 Å². The molecule has 2 atom stereocenters. The zero-order valence-electron chi connectivity index (χ0n) is 11.6. The van der Waals surface area contributed by atoms with Gasteiger partial charge in [-0.1, -0.05) is 44.2 Å². The van der Waals surface area contributed by atoms with Gasteiger partial charge in [-0.05, 0) is 11.5 Å². The Kier molecular flexibility index (Phi) is 7.87. The first-order valence-electron chi connectivity index (χ1n) is 6.24. The van der Waals surface area contributed by atoms with Crippen LogP contribution in [-0.2, 0) is 16.0 Å². The van der Waals surface area contributed by atoms with Crippen LogP contribution in [-0.4, -0.2) is 29.1 Å². The van der Waals surface area contributed by atoms with Crippen molar-refractivity contribution >= 4 is 24.3 Å². The van der Waals surface area contributed by atoms with Crippen LogP contribution in [0.2, 0.25) is 0 Å². The SMILES string of the molecule is CC(C)[C@H](N)C(=O)N[C@@H](Cc1ccccc1)C(=O)O.Cl. The topological polar surface area (TPSA) is 92.4 Å². The molecule has 1 rings (SSSR count). The van der Waals surface area contributed by atoms with Gasteiger partial charge in [-0.2, -0.15) is 0 Å². The summed E-state index contributed by atoms with van der Waals surface area (Å²) in [5.41, 5.74) is 6.55. The van der Waals surface area contributed by atoms with Gasteiger partial charge >= 0.3 is 5.97 Å². The summed E-state index contributed by atoms with van der Waals surface area (Å²) in [6, 6.07) is 7.50. The molecule has 0 heterocycles. The minimum atomic E-state index is -1.06. The first-order valence-corrected chi connectivity index (χ1v) is 6.24. The lowest BCUT2D eigenvalue weighted by molar-refractivity contribution is -0.142. The maximum absolute atomic E-state index is 11.8. The number of nitrogens with one attached hydrogen (secondary N) is 1. The molecule has 0 bridgehead atoms. The van der Waals surface area contributed by atoms with Crippen molar-refractivity contribution in [3.05, 3.63) is 35.9 Å². The molecule has 0 spiro atoms. The van der Waals surface area contributed by atoms with Gasteiger partial charge in [-0.15, -0.1) is 12.4 Å². The first-order chi connectivity index (χ1) is 8.91. The molecular weight excluding hydrogens is 280 g/mol. The summed E-state index contributed by atoms with van der Waals surface area (Å²) in [7, 11) is 0. The van der Waals surface area contributed by atoms with Crippen LogP contribution < -0.4 is 11.1 Å². The second-order valence-electron chi connectivity index (χ2n) is 4.86. The van der Waals surface area contributed by atoms with E-state index < -0.39 is 24.0 Å². The molecule has 0 saturated heterocycles. The highest BCUT2D eigenvalue weighted by atomic mass is 35.5. The van der Waals surface area contributed by atoms with Crippen LogP contribution in [0.3, 0.4) is 0 Å². The molecule has 1 amide bonds. The van der Waals surface area contributed by atoms with E-state index in [1.54, 1.807) is 0 Å². The number of nitrogens with two attached hydrogens (primary N) is 1. The van der Waals surface area contributed by atoms with Gasteiger partial charge in [0.1, 0.15) is 6.04 Å². The van der Waals surface area contributed by atoms with Crippen LogP contribution in [0.1, 0.15) is 19.4 Å². The van der Waals surface area contributed by atoms with Gasteiger partial charge < -0.3 is 16.2 Å². The summed E-state index contributed by atoms with van der Waals surface area (Å²) in [6.07, 6.45) is 0.243. The molecule has 0 aliphatic carbocycles. The second kappa shape index (κ2) is 8.55. The number of hydrogen-bond donors (Lipinski definition) is 3. The average Bonchev–Trinajstić information content (AvgIpc) is 2.37. The van der Waals surface area contributed by atoms with Crippen molar-refractivity contribution in [3.63, 3.8) is 0 Å². The number of carbonyl (C=O) groups excluding carboxylic acids is 1. The molecule has 5 nitrogen and oxygen atoms in total. The number of carboxylic acid groups (broad SMARTS) is 1. The van der Waals surface area contributed by atoms with Crippen LogP contribution in [0, 0.1) is 5.92 Å². The standard InChI is InChI=1S/C14H20N2O3.ClH/c1-9(2)12(15)13(17)16-11(14(18)19)8-10-6-4-3-5-7-10;/h3-7,9,11-12H,8,15H2,1-2H3,(H,16,17)(H,18,19);1H/t11-,12-;/m0./s1. The Balaban J connectivity index is 0.00000361. The number of amides is 1. The Morgan fingerprint density at radius 2 is 1.80 bits per heavy atom. The van der Waals surface area contributed by atoms with Crippen molar-refractivity contribution in [1.29, 1.82) is 0 Å². The molecule has 0 radical (unpaired) electrons. The van der Waals surface area contributed by atoms with E-state index in [0.29, 0.717) is 0 Å². The summed E-state index contributed by atoms with van der Waals surface area (Å²) in [4.78, 5) is 23.0. The van der Waals surface area contributed by atoms with Crippen LogP contribution in [0.5, 0.6) is 0 Å². The fraction of sp³-hybridized carbons (Fsp3) is 0.429. The highest BCUT2D eigenvalue weighted by Gasteiger charge is 2.24. The molecule has 112 valence electrons. The molecule has 0 fully saturated rings. The smallest absolute Gasteiger partial charge is 0.326 e. The Bertz CT molecular complexity index is 437. The molecule has 0 unspecified atom stereocenters. The van der Waals surface area contributed by atoms with Crippen molar-refractivity contribution in [1.82, 2.24) is 5.32 Å². The highest BCUT2D eigenvalue weighted by molar-refractivity contribution is 5.87. The number of carboxylic acids is 1. The van der Waals surface area contributed by atoms with Gasteiger partial charge in [0, 0.05) is 6.42 Å². The number of aliphatic carboxylic acids is 1. The van der Waals surface area contributed by atoms with Crippen LogP contribution in [0.25, 0.3) is 0 Å². The Labute approximate surface area is 125 Å². The minimum Gasteiger partial charge on any atom is -0.480 e. The van der Waals surface area contributed by atoms with E-state index in [9.17, 15) is 9.59 Å². The quantitative estimate of drug-likeness (QED) is 0.736. The third-order valence-electron chi connectivity index (χ3n) is 2.92. The van der Waals surface area contributed by atoms with Gasteiger partial charge in [-0.3, -0.25) is 4.79 Å². The van der Waals surface area contributed by atoms with E-state index in [1.807, 2.05) is 44.2 Å². The van der Waals surface area contributed by atoms with E-state index in [-0.39, 0.29) is 24.7 Å². The molecule has 20 heavy (non-hydrogen) atoms. The fourth-order valence-electron chi connectivity index (χ4n) is 1.62. The summed E-state index contributed by atoms with van der Waals surface area (Å²) in [5, 5.41) is 11.6. The Hall–Kier alpha value is -1.59. The van der Waals surface area contributed by atoms with Gasteiger partial charge in [0.15, 0.2) is 0 Å². The second-order valence-corrected chi connectivity index (χ2v) is 4.86. The van der Waals surface area contributed by atoms with Crippen molar-refractivity contribution in [2.75, 3.05) is 0 Å². The zero-order chi connectivity index (χ0) is 14.4. The highest BCUT2D eigenvalue weighted by Crippen LogP contribution is 2.05. The van der Waals surface area contributed by atoms with Gasteiger partial charge in [0.25, 0.3) is 0 Å². The van der Waals surface area contributed by atoms with Gasteiger partial charge in [-0.25, -0.2) is 4.79 Å². The summed E-state index contributed by atoms with van der Waals surface area (Å²) in [6.45, 7) is 3.63. The predicted molar refractivity (Wildman–Crippen MR) is 79.8 cm³/mol. The largest absolute Gasteiger partial charge is 0.480 e. The number of rotatable bonds is 6. The molecule has 0 aliphatic heterocycles. The Morgan fingerprint density at radius 3 is 2.25 bits per heavy atom. The van der Waals surface area contributed by atoms with E-state index in [0.717, 1.165) is 5.56 Å². The molecule has 6 heteroatoms. The number of carbonyl (C=O) groups is 2. The van der Waals surface area contributed by atoms with Crippen molar-refractivity contribution in [2.45, 2.75) is 32.4 Å². The lowest BCUT2D eigenvalue weighted by Crippen LogP contribution is -2.51. The molecule has 1 aromatic carbocycles. The fourth-order valence-corrected chi connectivity index (χ4v) is 1.62. The molecule has 1 aromatic rings. The van der Waals surface area contributed by atoms with Crippen LogP contribution in [0.15, 0.2) is 30.3 Å². The molecular formula is C14H21ClN2O3. The van der Waals surface area contributed by atoms with Crippen molar-refractivity contribution < 1.29 is 14.7 Å². The van der Waals surface area contributed by atoms with Crippen LogP contribution >= 0.6 is 12.4 Å². The van der Waals surface area contributed by atoms with E-state index in [4.69, 9.17) is 10.8 Å².